The number of aryl methyl sites for hydroxylation is 1. The standard InChI is InChI=1S/C28H28F2N2O3S/c1-5-36(34,35)22-10-8-9-20(16-22)21-13-14-24(19(4)15-21)27-31-26(28(29,30)33)17-32(27)25-12-7-6-11-23(25)18(2)3/h6-18,33H,5H2,1-4H3. The fourth-order valence-electron chi connectivity index (χ4n) is 4.22. The van der Waals surface area contributed by atoms with Crippen LogP contribution < -0.4 is 0 Å². The van der Waals surface area contributed by atoms with E-state index in [1.807, 2.05) is 63.2 Å². The fourth-order valence-corrected chi connectivity index (χ4v) is 5.15. The van der Waals surface area contributed by atoms with Crippen LogP contribution in [0.15, 0.2) is 77.8 Å². The second kappa shape index (κ2) is 9.59. The molecule has 4 aromatic rings. The SMILES string of the molecule is CCS(=O)(=O)c1cccc(-c2ccc(-c3nc(C(O)(F)F)cn3-c3ccccc3C(C)C)c(C)c2)c1. The number of aromatic nitrogens is 2. The maximum atomic E-state index is 13.9. The van der Waals surface area contributed by atoms with E-state index < -0.39 is 21.6 Å². The minimum atomic E-state index is -4.09. The number of rotatable bonds is 7. The first-order valence-electron chi connectivity index (χ1n) is 11.7. The summed E-state index contributed by atoms with van der Waals surface area (Å²) in [5, 5.41) is 9.41. The van der Waals surface area contributed by atoms with Gasteiger partial charge in [0, 0.05) is 11.8 Å². The highest BCUT2D eigenvalue weighted by Crippen LogP contribution is 2.35. The van der Waals surface area contributed by atoms with Gasteiger partial charge in [-0.05, 0) is 53.3 Å². The van der Waals surface area contributed by atoms with Crippen LogP contribution in [0.1, 0.15) is 43.5 Å². The van der Waals surface area contributed by atoms with Gasteiger partial charge in [-0.3, -0.25) is 4.57 Å². The Morgan fingerprint density at radius 3 is 2.33 bits per heavy atom. The van der Waals surface area contributed by atoms with Gasteiger partial charge >= 0.3 is 6.11 Å². The highest BCUT2D eigenvalue weighted by Gasteiger charge is 2.33. The average Bonchev–Trinajstić information content (AvgIpc) is 3.29. The van der Waals surface area contributed by atoms with Crippen molar-refractivity contribution in [3.63, 3.8) is 0 Å². The zero-order valence-electron chi connectivity index (χ0n) is 20.5. The lowest BCUT2D eigenvalue weighted by Gasteiger charge is -2.16. The van der Waals surface area contributed by atoms with Gasteiger partial charge in [-0.25, -0.2) is 13.4 Å². The Kier molecular flexibility index (Phi) is 6.86. The molecule has 1 aromatic heterocycles. The topological polar surface area (TPSA) is 72.2 Å². The van der Waals surface area contributed by atoms with Gasteiger partial charge in [-0.1, -0.05) is 69.3 Å². The number of halogens is 2. The smallest absolute Gasteiger partial charge is 0.331 e. The minimum Gasteiger partial charge on any atom is -0.331 e. The van der Waals surface area contributed by atoms with Crippen LogP contribution in [0.3, 0.4) is 0 Å². The van der Waals surface area contributed by atoms with Crippen LogP contribution >= 0.6 is 0 Å². The van der Waals surface area contributed by atoms with Crippen molar-refractivity contribution in [2.75, 3.05) is 5.75 Å². The van der Waals surface area contributed by atoms with Gasteiger partial charge in [0.15, 0.2) is 15.5 Å². The number of sulfone groups is 1. The fraction of sp³-hybridized carbons (Fsp3) is 0.250. The molecule has 4 rings (SSSR count). The third-order valence-corrected chi connectivity index (χ3v) is 7.94. The van der Waals surface area contributed by atoms with Gasteiger partial charge < -0.3 is 5.11 Å². The normalized spacial score (nSPS) is 12.3. The number of aliphatic hydroxyl groups is 1. The number of hydrogen-bond acceptors (Lipinski definition) is 4. The summed E-state index contributed by atoms with van der Waals surface area (Å²) in [4.78, 5) is 4.38. The summed E-state index contributed by atoms with van der Waals surface area (Å²) in [6.07, 6.45) is -2.92. The molecule has 0 saturated carbocycles. The van der Waals surface area contributed by atoms with E-state index in [4.69, 9.17) is 0 Å². The van der Waals surface area contributed by atoms with E-state index in [0.29, 0.717) is 11.3 Å². The second-order valence-corrected chi connectivity index (χ2v) is 11.3. The van der Waals surface area contributed by atoms with E-state index in [-0.39, 0.29) is 22.4 Å². The molecule has 188 valence electrons. The first-order valence-corrected chi connectivity index (χ1v) is 13.3. The van der Waals surface area contributed by atoms with Crippen molar-refractivity contribution in [3.05, 3.63) is 89.7 Å². The van der Waals surface area contributed by atoms with Crippen molar-refractivity contribution < 1.29 is 22.3 Å². The Morgan fingerprint density at radius 1 is 1.00 bits per heavy atom. The zero-order valence-corrected chi connectivity index (χ0v) is 21.4. The summed E-state index contributed by atoms with van der Waals surface area (Å²) in [5.41, 5.74) is 3.81. The van der Waals surface area contributed by atoms with Crippen molar-refractivity contribution in [1.29, 1.82) is 0 Å². The van der Waals surface area contributed by atoms with Crippen molar-refractivity contribution in [2.45, 2.75) is 44.6 Å². The zero-order chi connectivity index (χ0) is 26.3. The van der Waals surface area contributed by atoms with E-state index in [2.05, 4.69) is 4.98 Å². The number of benzene rings is 3. The van der Waals surface area contributed by atoms with Crippen LogP contribution in [0.25, 0.3) is 28.2 Å². The van der Waals surface area contributed by atoms with Crippen molar-refractivity contribution in [2.24, 2.45) is 0 Å². The monoisotopic (exact) mass is 510 g/mol. The molecule has 0 bridgehead atoms. The number of alkyl halides is 2. The lowest BCUT2D eigenvalue weighted by atomic mass is 9.98. The number of para-hydroxylation sites is 1. The van der Waals surface area contributed by atoms with Crippen LogP contribution in [0.2, 0.25) is 0 Å². The number of hydrogen-bond donors (Lipinski definition) is 1. The molecule has 1 heterocycles. The van der Waals surface area contributed by atoms with Gasteiger partial charge in [0.05, 0.1) is 16.3 Å². The van der Waals surface area contributed by atoms with Gasteiger partial charge in [0.1, 0.15) is 5.82 Å². The van der Waals surface area contributed by atoms with Crippen LogP contribution in [0, 0.1) is 6.92 Å². The molecule has 5 nitrogen and oxygen atoms in total. The summed E-state index contributed by atoms with van der Waals surface area (Å²) < 4.78 is 54.1. The summed E-state index contributed by atoms with van der Waals surface area (Å²) in [5.74, 6) is 0.412. The molecule has 0 spiro atoms. The van der Waals surface area contributed by atoms with E-state index in [1.165, 1.54) is 6.20 Å². The molecule has 0 atom stereocenters. The molecule has 0 saturated heterocycles. The molecule has 0 amide bonds. The molecule has 1 N–H and O–H groups in total. The minimum absolute atomic E-state index is 0.00670. The van der Waals surface area contributed by atoms with Crippen LogP contribution in [-0.4, -0.2) is 28.8 Å². The number of nitrogens with zero attached hydrogens (tertiary/aromatic N) is 2. The van der Waals surface area contributed by atoms with Gasteiger partial charge in [0.25, 0.3) is 0 Å². The van der Waals surface area contributed by atoms with E-state index in [0.717, 1.165) is 22.3 Å². The van der Waals surface area contributed by atoms with Gasteiger partial charge in [-0.2, -0.15) is 8.78 Å². The van der Waals surface area contributed by atoms with Crippen LogP contribution in [0.4, 0.5) is 8.78 Å². The van der Waals surface area contributed by atoms with Crippen molar-refractivity contribution in [3.8, 4) is 28.2 Å². The first kappa shape index (κ1) is 25.7. The quantitative estimate of drug-likeness (QED) is 0.309. The summed E-state index contributed by atoms with van der Waals surface area (Å²) in [6.45, 7) is 7.48. The molecular formula is C28H28F2N2O3S. The van der Waals surface area contributed by atoms with E-state index >= 15 is 0 Å². The predicted molar refractivity (Wildman–Crippen MR) is 137 cm³/mol. The maximum Gasteiger partial charge on any atom is 0.399 e. The lowest BCUT2D eigenvalue weighted by Crippen LogP contribution is -2.11. The second-order valence-electron chi connectivity index (χ2n) is 9.04. The molecule has 8 heteroatoms. The molecule has 0 fully saturated rings. The molecular weight excluding hydrogens is 482 g/mol. The molecule has 36 heavy (non-hydrogen) atoms. The Balaban J connectivity index is 1.86. The van der Waals surface area contributed by atoms with E-state index in [1.54, 1.807) is 35.8 Å². The molecule has 0 radical (unpaired) electrons. The highest BCUT2D eigenvalue weighted by molar-refractivity contribution is 7.91. The molecule has 0 unspecified atom stereocenters. The summed E-state index contributed by atoms with van der Waals surface area (Å²) in [6, 6.07) is 19.7. The molecule has 0 aliphatic carbocycles. The van der Waals surface area contributed by atoms with Gasteiger partial charge in [0.2, 0.25) is 0 Å². The summed E-state index contributed by atoms with van der Waals surface area (Å²) in [7, 11) is -3.36. The van der Waals surface area contributed by atoms with Crippen molar-refractivity contribution >= 4 is 9.84 Å². The molecule has 0 aliphatic rings. The molecule has 0 aliphatic heterocycles. The largest absolute Gasteiger partial charge is 0.399 e. The Hall–Kier alpha value is -3.36. The van der Waals surface area contributed by atoms with Crippen LogP contribution in [0.5, 0.6) is 0 Å². The lowest BCUT2D eigenvalue weighted by molar-refractivity contribution is -0.211. The first-order chi connectivity index (χ1) is 16.9. The third kappa shape index (κ3) is 4.96. The van der Waals surface area contributed by atoms with Gasteiger partial charge in [-0.15, -0.1) is 0 Å². The molecule has 3 aromatic carbocycles. The predicted octanol–water partition coefficient (Wildman–Crippen LogP) is 6.47. The maximum absolute atomic E-state index is 13.9. The van der Waals surface area contributed by atoms with Crippen LogP contribution in [-0.2, 0) is 15.9 Å². The third-order valence-electron chi connectivity index (χ3n) is 6.21. The summed E-state index contributed by atoms with van der Waals surface area (Å²) >= 11 is 0. The average molecular weight is 511 g/mol. The highest BCUT2D eigenvalue weighted by atomic mass is 32.2. The Morgan fingerprint density at radius 2 is 1.69 bits per heavy atom. The number of imidazole rings is 1. The Bertz CT molecular complexity index is 1520. The Labute approximate surface area is 210 Å². The van der Waals surface area contributed by atoms with E-state index in [9.17, 15) is 22.3 Å². The van der Waals surface area contributed by atoms with Crippen molar-refractivity contribution in [1.82, 2.24) is 9.55 Å².